The predicted octanol–water partition coefficient (Wildman–Crippen LogP) is 12.1. The Hall–Kier alpha value is -6.80. The van der Waals surface area contributed by atoms with Crippen molar-refractivity contribution in [1.82, 2.24) is 0 Å². The molecule has 0 spiro atoms. The van der Waals surface area contributed by atoms with Gasteiger partial charge in [-0.15, -0.1) is 0 Å². The van der Waals surface area contributed by atoms with Gasteiger partial charge in [0, 0.05) is 32.5 Å². The summed E-state index contributed by atoms with van der Waals surface area (Å²) >= 11 is 12.1. The van der Waals surface area contributed by atoms with Crippen molar-refractivity contribution >= 4 is 80.6 Å². The molecule has 0 aromatic heterocycles. The second-order valence-electron chi connectivity index (χ2n) is 12.4. The van der Waals surface area contributed by atoms with Crippen LogP contribution in [0.15, 0.2) is 192 Å². The summed E-state index contributed by atoms with van der Waals surface area (Å²) in [7, 11) is 0. The van der Waals surface area contributed by atoms with Gasteiger partial charge in [-0.3, -0.25) is 19.4 Å². The highest BCUT2D eigenvalue weighted by atomic mass is 35.5. The number of carbonyl (C=O) groups is 2. The Kier molecular flexibility index (Phi) is 10.0. The molecule has 7 aromatic rings. The van der Waals surface area contributed by atoms with E-state index in [9.17, 15) is 9.59 Å². The van der Waals surface area contributed by atoms with E-state index in [-0.39, 0.29) is 11.8 Å². The molecule has 7 nitrogen and oxygen atoms in total. The molecule has 0 atom stereocenters. The van der Waals surface area contributed by atoms with Crippen LogP contribution in [0.1, 0.15) is 11.1 Å². The van der Waals surface area contributed by atoms with E-state index in [0.29, 0.717) is 38.6 Å². The number of amides is 2. The molecule has 2 amide bonds. The summed E-state index contributed by atoms with van der Waals surface area (Å²) in [6.07, 6.45) is 0. The van der Waals surface area contributed by atoms with E-state index >= 15 is 0 Å². The molecular weight excluding hydrogens is 727 g/mol. The smallest absolute Gasteiger partial charge is 0.282 e. The third-order valence-corrected chi connectivity index (χ3v) is 9.22. The maximum absolute atomic E-state index is 13.2. The molecule has 0 N–H and O–H groups in total. The second-order valence-corrected chi connectivity index (χ2v) is 13.3. The van der Waals surface area contributed by atoms with Crippen LogP contribution < -0.4 is 14.5 Å². The highest BCUT2D eigenvalue weighted by Gasteiger charge is 2.36. The minimum absolute atomic E-state index is 0.132. The molecule has 0 fully saturated rings. The molecule has 0 bridgehead atoms. The van der Waals surface area contributed by atoms with Crippen LogP contribution in [0.4, 0.5) is 34.1 Å². The predicted molar refractivity (Wildman–Crippen MR) is 222 cm³/mol. The molecule has 266 valence electrons. The van der Waals surface area contributed by atoms with Crippen LogP contribution in [0.5, 0.6) is 11.5 Å². The number of benzene rings is 7. The number of rotatable bonds is 6. The van der Waals surface area contributed by atoms with Crippen LogP contribution in [0.2, 0.25) is 10.0 Å². The van der Waals surface area contributed by atoms with Gasteiger partial charge in [-0.1, -0.05) is 114 Å². The Balaban J connectivity index is 0.000000158. The van der Waals surface area contributed by atoms with Gasteiger partial charge in [0.15, 0.2) is 0 Å². The van der Waals surface area contributed by atoms with Gasteiger partial charge in [-0.05, 0) is 91.0 Å². The lowest BCUT2D eigenvalue weighted by Crippen LogP contribution is -2.25. The van der Waals surface area contributed by atoms with Gasteiger partial charge in [-0.25, -0.2) is 9.98 Å². The van der Waals surface area contributed by atoms with Crippen molar-refractivity contribution < 1.29 is 14.3 Å². The molecule has 0 unspecified atom stereocenters. The topological polar surface area (TPSA) is 74.6 Å². The highest BCUT2D eigenvalue weighted by Crippen LogP contribution is 2.38. The number of nitrogens with zero attached hydrogens (tertiary/aromatic N) is 4. The van der Waals surface area contributed by atoms with Gasteiger partial charge in [0.2, 0.25) is 0 Å². The Labute approximate surface area is 328 Å². The molecule has 0 saturated carbocycles. The molecule has 7 aromatic carbocycles. The first-order valence-electron chi connectivity index (χ1n) is 17.4. The first kappa shape index (κ1) is 35.2. The summed E-state index contributed by atoms with van der Waals surface area (Å²) in [5.41, 5.74) is 6.95. The highest BCUT2D eigenvalue weighted by molar-refractivity contribution is 6.56. The van der Waals surface area contributed by atoms with E-state index in [1.165, 1.54) is 0 Å². The van der Waals surface area contributed by atoms with Gasteiger partial charge >= 0.3 is 0 Å². The SMILES string of the molecule is O=C1C(=Nc2cc(Cl)cc(Cl)c2)c2ccccc2N1c1ccccc1.O=C1C(=Nc2ccc(Oc3ccccc3)cc2)c2ccccc2N1c1ccccc1. The van der Waals surface area contributed by atoms with Crippen LogP contribution >= 0.6 is 23.2 Å². The number of para-hydroxylation sites is 5. The first-order valence-corrected chi connectivity index (χ1v) is 18.1. The lowest BCUT2D eigenvalue weighted by Gasteiger charge is -2.16. The largest absolute Gasteiger partial charge is 0.457 e. The first-order chi connectivity index (χ1) is 26.9. The van der Waals surface area contributed by atoms with Gasteiger partial charge in [0.25, 0.3) is 11.8 Å². The van der Waals surface area contributed by atoms with E-state index in [0.717, 1.165) is 39.6 Å². The average molecular weight is 758 g/mol. The van der Waals surface area contributed by atoms with Crippen molar-refractivity contribution in [2.75, 3.05) is 9.80 Å². The third kappa shape index (κ3) is 7.53. The molecule has 0 radical (unpaired) electrons. The third-order valence-electron chi connectivity index (χ3n) is 8.79. The maximum Gasteiger partial charge on any atom is 0.282 e. The van der Waals surface area contributed by atoms with E-state index < -0.39 is 0 Å². The molecule has 2 aliphatic heterocycles. The zero-order valence-electron chi connectivity index (χ0n) is 29.1. The zero-order valence-corrected chi connectivity index (χ0v) is 30.6. The normalized spacial score (nSPS) is 14.4. The molecule has 2 aliphatic rings. The number of aliphatic imine (C=N–C) groups is 2. The summed E-state index contributed by atoms with van der Waals surface area (Å²) < 4.78 is 5.83. The monoisotopic (exact) mass is 756 g/mol. The summed E-state index contributed by atoms with van der Waals surface area (Å²) in [6.45, 7) is 0. The number of halogens is 2. The molecule has 0 saturated heterocycles. The second kappa shape index (κ2) is 15.7. The molecule has 9 heteroatoms. The van der Waals surface area contributed by atoms with Gasteiger partial charge < -0.3 is 4.74 Å². The van der Waals surface area contributed by atoms with Crippen LogP contribution in [-0.4, -0.2) is 23.2 Å². The molecule has 9 rings (SSSR count). The quantitative estimate of drug-likeness (QED) is 0.169. The number of hydrogen-bond donors (Lipinski definition) is 0. The lowest BCUT2D eigenvalue weighted by molar-refractivity contribution is -0.112. The van der Waals surface area contributed by atoms with E-state index in [1.54, 1.807) is 28.0 Å². The van der Waals surface area contributed by atoms with Crippen LogP contribution in [0.25, 0.3) is 0 Å². The number of hydrogen-bond acceptors (Lipinski definition) is 5. The number of carbonyl (C=O) groups excluding carboxylic acids is 2. The maximum atomic E-state index is 13.2. The minimum atomic E-state index is -0.177. The van der Waals surface area contributed by atoms with E-state index in [1.807, 2.05) is 164 Å². The van der Waals surface area contributed by atoms with Crippen LogP contribution in [0.3, 0.4) is 0 Å². The van der Waals surface area contributed by atoms with E-state index in [4.69, 9.17) is 27.9 Å². The van der Waals surface area contributed by atoms with Crippen molar-refractivity contribution in [3.63, 3.8) is 0 Å². The molecular formula is C46H30Cl2N4O3. The van der Waals surface area contributed by atoms with Crippen molar-refractivity contribution in [3.05, 3.63) is 203 Å². The van der Waals surface area contributed by atoms with Gasteiger partial charge in [0.05, 0.1) is 22.7 Å². The van der Waals surface area contributed by atoms with Crippen molar-refractivity contribution in [3.8, 4) is 11.5 Å². The average Bonchev–Trinajstić information content (AvgIpc) is 3.65. The Morgan fingerprint density at radius 3 is 1.31 bits per heavy atom. The Bertz CT molecular complexity index is 2560. The lowest BCUT2D eigenvalue weighted by atomic mass is 10.1. The fourth-order valence-electron chi connectivity index (χ4n) is 6.36. The Morgan fingerprint density at radius 2 is 0.818 bits per heavy atom. The van der Waals surface area contributed by atoms with Gasteiger partial charge in [-0.2, -0.15) is 0 Å². The summed E-state index contributed by atoms with van der Waals surface area (Å²) in [5, 5.41) is 0.955. The summed E-state index contributed by atoms with van der Waals surface area (Å²) in [6, 6.07) is 56.5. The fourth-order valence-corrected chi connectivity index (χ4v) is 6.87. The zero-order chi connectivity index (χ0) is 37.7. The Morgan fingerprint density at radius 1 is 0.418 bits per heavy atom. The van der Waals surface area contributed by atoms with Gasteiger partial charge in [0.1, 0.15) is 22.9 Å². The molecule has 2 heterocycles. The summed E-state index contributed by atoms with van der Waals surface area (Å²) in [5.74, 6) is 1.18. The standard InChI is InChI=1S/C26H18N2O2.C20H12Cl2N2O/c29-26-25(23-13-7-8-14-24(23)28(26)20-9-3-1-4-10-20)27-19-15-17-22(18-16-19)30-21-11-5-2-6-12-21;21-13-10-14(22)12-15(11-13)23-19-17-8-4-5-9-18(17)24(20(19)25)16-6-2-1-3-7-16/h1-18H;1-12H. The fraction of sp³-hybridized carbons (Fsp3) is 0. The van der Waals surface area contributed by atoms with Crippen LogP contribution in [0, 0.1) is 0 Å². The van der Waals surface area contributed by atoms with Crippen molar-refractivity contribution in [2.24, 2.45) is 9.98 Å². The summed E-state index contributed by atoms with van der Waals surface area (Å²) in [4.78, 5) is 38.9. The molecule has 55 heavy (non-hydrogen) atoms. The molecule has 0 aliphatic carbocycles. The van der Waals surface area contributed by atoms with Crippen LogP contribution in [-0.2, 0) is 9.59 Å². The van der Waals surface area contributed by atoms with Crippen molar-refractivity contribution in [2.45, 2.75) is 0 Å². The number of anilines is 4. The minimum Gasteiger partial charge on any atom is -0.457 e. The number of ether oxygens (including phenoxy) is 1. The number of fused-ring (bicyclic) bond motifs is 2. The van der Waals surface area contributed by atoms with Crippen molar-refractivity contribution in [1.29, 1.82) is 0 Å². The van der Waals surface area contributed by atoms with E-state index in [2.05, 4.69) is 9.98 Å².